The molecule has 0 aliphatic heterocycles. The number of hydrogen-bond donors (Lipinski definition) is 2. The average molecular weight is 373 g/mol. The number of nitrogens with one attached hydrogen (secondary N) is 2. The fourth-order valence-electron chi connectivity index (χ4n) is 2.43. The van der Waals surface area contributed by atoms with Crippen LogP contribution in [-0.2, 0) is 4.74 Å². The van der Waals surface area contributed by atoms with E-state index in [1.807, 2.05) is 12.1 Å². The van der Waals surface area contributed by atoms with Crippen molar-refractivity contribution in [2.24, 2.45) is 5.10 Å². The number of anilines is 1. The van der Waals surface area contributed by atoms with E-state index < -0.39 is 11.5 Å². The maximum atomic E-state index is 12.2. The number of rotatable bonds is 5. The van der Waals surface area contributed by atoms with Crippen LogP contribution in [0.2, 0.25) is 0 Å². The zero-order valence-corrected chi connectivity index (χ0v) is 14.8. The van der Waals surface area contributed by atoms with Crippen LogP contribution in [0.5, 0.6) is 0 Å². The summed E-state index contributed by atoms with van der Waals surface area (Å²) in [5, 5.41) is 13.3. The standard InChI is InChI=1S/C20H15N5O3/c1-28-19(27)15-9-7-13(8-10-15)12-22-25-20-23-17(14-5-3-2-4-6-14)16(11-21)18(26)24-20/h2-10,12H,1H3,(H2,23,24,25,26). The molecule has 138 valence electrons. The van der Waals surface area contributed by atoms with Gasteiger partial charge in [0.2, 0.25) is 5.95 Å². The van der Waals surface area contributed by atoms with E-state index in [2.05, 4.69) is 25.2 Å². The summed E-state index contributed by atoms with van der Waals surface area (Å²) in [5.41, 5.74) is 4.09. The molecule has 0 bridgehead atoms. The minimum absolute atomic E-state index is 0.0703. The molecule has 0 radical (unpaired) electrons. The molecule has 1 aromatic heterocycles. The predicted octanol–water partition coefficient (Wildman–Crippen LogP) is 2.54. The van der Waals surface area contributed by atoms with Crippen LogP contribution >= 0.6 is 0 Å². The van der Waals surface area contributed by atoms with Crippen molar-refractivity contribution in [3.05, 3.63) is 81.6 Å². The first kappa shape index (κ1) is 18.5. The van der Waals surface area contributed by atoms with Gasteiger partial charge in [-0.3, -0.25) is 9.78 Å². The fourth-order valence-corrected chi connectivity index (χ4v) is 2.43. The van der Waals surface area contributed by atoms with Gasteiger partial charge in [0.25, 0.3) is 5.56 Å². The van der Waals surface area contributed by atoms with E-state index in [9.17, 15) is 14.9 Å². The minimum Gasteiger partial charge on any atom is -0.465 e. The summed E-state index contributed by atoms with van der Waals surface area (Å²) in [6.07, 6.45) is 1.50. The molecule has 2 aromatic carbocycles. The molecule has 0 fully saturated rings. The summed E-state index contributed by atoms with van der Waals surface area (Å²) in [4.78, 5) is 30.4. The van der Waals surface area contributed by atoms with Gasteiger partial charge in [-0.05, 0) is 17.7 Å². The van der Waals surface area contributed by atoms with Crippen molar-refractivity contribution in [2.75, 3.05) is 12.5 Å². The zero-order chi connectivity index (χ0) is 19.9. The van der Waals surface area contributed by atoms with Crippen LogP contribution in [0, 0.1) is 11.3 Å². The fraction of sp³-hybridized carbons (Fsp3) is 0.0500. The van der Waals surface area contributed by atoms with Crippen LogP contribution in [0.3, 0.4) is 0 Å². The lowest BCUT2D eigenvalue weighted by atomic mass is 10.1. The molecule has 0 amide bonds. The highest BCUT2D eigenvalue weighted by molar-refractivity contribution is 5.90. The smallest absolute Gasteiger partial charge is 0.337 e. The second kappa shape index (κ2) is 8.42. The third kappa shape index (κ3) is 4.11. The van der Waals surface area contributed by atoms with Crippen LogP contribution in [0.1, 0.15) is 21.5 Å². The SMILES string of the molecule is COC(=O)c1ccc(C=NNc2nc(-c3ccccc3)c(C#N)c(=O)[nH]2)cc1. The predicted molar refractivity (Wildman–Crippen MR) is 104 cm³/mol. The summed E-state index contributed by atoms with van der Waals surface area (Å²) in [5.74, 6) is -0.320. The number of benzene rings is 2. The molecule has 3 rings (SSSR count). The highest BCUT2D eigenvalue weighted by Gasteiger charge is 2.12. The molecule has 28 heavy (non-hydrogen) atoms. The van der Waals surface area contributed by atoms with E-state index in [0.717, 1.165) is 5.56 Å². The van der Waals surface area contributed by atoms with Gasteiger partial charge < -0.3 is 4.74 Å². The molecule has 8 heteroatoms. The Labute approximate surface area is 160 Å². The summed E-state index contributed by atoms with van der Waals surface area (Å²) in [6.45, 7) is 0. The number of hydrazone groups is 1. The van der Waals surface area contributed by atoms with Gasteiger partial charge in [0.05, 0.1) is 24.6 Å². The first-order valence-electron chi connectivity index (χ1n) is 8.19. The Morgan fingerprint density at radius 1 is 1.21 bits per heavy atom. The molecule has 0 aliphatic carbocycles. The molecule has 0 atom stereocenters. The van der Waals surface area contributed by atoms with Crippen molar-refractivity contribution in [1.29, 1.82) is 5.26 Å². The molecule has 0 unspecified atom stereocenters. The van der Waals surface area contributed by atoms with Gasteiger partial charge >= 0.3 is 5.97 Å². The normalized spacial score (nSPS) is 10.4. The Hall–Kier alpha value is -4.25. The van der Waals surface area contributed by atoms with Crippen molar-refractivity contribution in [3.8, 4) is 17.3 Å². The summed E-state index contributed by atoms with van der Waals surface area (Å²) >= 11 is 0. The molecule has 0 aliphatic rings. The molecule has 2 N–H and O–H groups in total. The lowest BCUT2D eigenvalue weighted by Gasteiger charge is -2.06. The molecule has 8 nitrogen and oxygen atoms in total. The molecule has 0 saturated carbocycles. The Kier molecular flexibility index (Phi) is 5.58. The second-order valence-electron chi connectivity index (χ2n) is 5.60. The van der Waals surface area contributed by atoms with Crippen LogP contribution in [0.25, 0.3) is 11.3 Å². The number of nitriles is 1. The van der Waals surface area contributed by atoms with Crippen molar-refractivity contribution < 1.29 is 9.53 Å². The number of H-pyrrole nitrogens is 1. The Balaban J connectivity index is 1.82. The van der Waals surface area contributed by atoms with Gasteiger partial charge in [0.1, 0.15) is 11.6 Å². The van der Waals surface area contributed by atoms with Crippen LogP contribution in [0.4, 0.5) is 5.95 Å². The maximum Gasteiger partial charge on any atom is 0.337 e. The van der Waals surface area contributed by atoms with E-state index in [-0.39, 0.29) is 17.2 Å². The topological polar surface area (TPSA) is 120 Å². The Bertz CT molecular complexity index is 1110. The highest BCUT2D eigenvalue weighted by atomic mass is 16.5. The largest absolute Gasteiger partial charge is 0.465 e. The second-order valence-corrected chi connectivity index (χ2v) is 5.60. The first-order chi connectivity index (χ1) is 13.6. The van der Waals surface area contributed by atoms with Gasteiger partial charge in [0.15, 0.2) is 0 Å². The zero-order valence-electron chi connectivity index (χ0n) is 14.8. The Morgan fingerprint density at radius 3 is 2.57 bits per heavy atom. The van der Waals surface area contributed by atoms with Gasteiger partial charge in [-0.15, -0.1) is 0 Å². The number of carbonyl (C=O) groups excluding carboxylic acids is 1. The monoisotopic (exact) mass is 373 g/mol. The first-order valence-corrected chi connectivity index (χ1v) is 8.19. The number of carbonyl (C=O) groups is 1. The minimum atomic E-state index is -0.559. The molecular formula is C20H15N5O3. The number of hydrogen-bond acceptors (Lipinski definition) is 7. The Morgan fingerprint density at radius 2 is 1.93 bits per heavy atom. The van der Waals surface area contributed by atoms with Crippen molar-refractivity contribution in [2.45, 2.75) is 0 Å². The van der Waals surface area contributed by atoms with E-state index in [1.54, 1.807) is 48.5 Å². The van der Waals surface area contributed by atoms with E-state index in [0.29, 0.717) is 11.1 Å². The molecule has 1 heterocycles. The third-order valence-electron chi connectivity index (χ3n) is 3.79. The van der Waals surface area contributed by atoms with Crippen LogP contribution < -0.4 is 11.0 Å². The van der Waals surface area contributed by atoms with Crippen molar-refractivity contribution in [1.82, 2.24) is 9.97 Å². The van der Waals surface area contributed by atoms with Crippen LogP contribution in [-0.4, -0.2) is 29.3 Å². The van der Waals surface area contributed by atoms with E-state index in [4.69, 9.17) is 0 Å². The number of aromatic amines is 1. The quantitative estimate of drug-likeness (QED) is 0.403. The molecule has 0 spiro atoms. The lowest BCUT2D eigenvalue weighted by Crippen LogP contribution is -2.16. The van der Waals surface area contributed by atoms with Gasteiger partial charge in [-0.1, -0.05) is 42.5 Å². The highest BCUT2D eigenvalue weighted by Crippen LogP contribution is 2.19. The summed E-state index contributed by atoms with van der Waals surface area (Å²) in [7, 11) is 1.32. The lowest BCUT2D eigenvalue weighted by molar-refractivity contribution is 0.0600. The molecular weight excluding hydrogens is 358 g/mol. The number of ether oxygens (including phenoxy) is 1. The number of esters is 1. The molecule has 3 aromatic rings. The number of methoxy groups -OCH3 is 1. The van der Waals surface area contributed by atoms with E-state index >= 15 is 0 Å². The van der Waals surface area contributed by atoms with E-state index in [1.165, 1.54) is 13.3 Å². The maximum absolute atomic E-state index is 12.2. The third-order valence-corrected chi connectivity index (χ3v) is 3.79. The van der Waals surface area contributed by atoms with Gasteiger partial charge in [-0.2, -0.15) is 10.4 Å². The van der Waals surface area contributed by atoms with Crippen LogP contribution in [0.15, 0.2) is 64.5 Å². The number of aromatic nitrogens is 2. The van der Waals surface area contributed by atoms with Gasteiger partial charge in [0, 0.05) is 5.56 Å². The van der Waals surface area contributed by atoms with Crippen molar-refractivity contribution in [3.63, 3.8) is 0 Å². The summed E-state index contributed by atoms with van der Waals surface area (Å²) in [6, 6.07) is 17.4. The number of nitrogens with zero attached hydrogens (tertiary/aromatic N) is 3. The van der Waals surface area contributed by atoms with Gasteiger partial charge in [-0.25, -0.2) is 15.2 Å². The molecule has 0 saturated heterocycles. The average Bonchev–Trinajstić information content (AvgIpc) is 2.74. The summed E-state index contributed by atoms with van der Waals surface area (Å²) < 4.78 is 4.64. The van der Waals surface area contributed by atoms with Crippen molar-refractivity contribution >= 4 is 18.1 Å².